The molecule has 0 unspecified atom stereocenters. The van der Waals surface area contributed by atoms with Crippen molar-refractivity contribution in [2.75, 3.05) is 11.9 Å². The SMILES string of the molecule is CCCNS(=O)(=O)c1cc(Oc2c(C)cc(NC(=O)C(=O)O)c3c2CCC3)ccc1O. The molecule has 0 bridgehead atoms. The van der Waals surface area contributed by atoms with Crippen molar-refractivity contribution in [2.45, 2.75) is 44.4 Å². The number of carbonyl (C=O) groups excluding carboxylic acids is 1. The number of benzene rings is 2. The number of aromatic hydroxyl groups is 1. The normalized spacial score (nSPS) is 13.0. The molecule has 1 amide bonds. The Bertz CT molecular complexity index is 1140. The van der Waals surface area contributed by atoms with Gasteiger partial charge in [-0.15, -0.1) is 0 Å². The smallest absolute Gasteiger partial charge is 0.394 e. The fourth-order valence-electron chi connectivity index (χ4n) is 3.53. The molecule has 10 heteroatoms. The first-order valence-corrected chi connectivity index (χ1v) is 11.3. The maximum atomic E-state index is 12.5. The Morgan fingerprint density at radius 3 is 2.55 bits per heavy atom. The summed E-state index contributed by atoms with van der Waals surface area (Å²) in [5, 5.41) is 21.3. The van der Waals surface area contributed by atoms with Crippen LogP contribution in [0.5, 0.6) is 17.2 Å². The van der Waals surface area contributed by atoms with Crippen LogP contribution in [-0.2, 0) is 32.5 Å². The number of phenolic OH excluding ortho intramolecular Hbond substituents is 1. The Kier molecular flexibility index (Phi) is 6.51. The topological polar surface area (TPSA) is 142 Å². The van der Waals surface area contributed by atoms with E-state index in [9.17, 15) is 23.1 Å². The average molecular weight is 448 g/mol. The number of carboxylic acid groups (broad SMARTS) is 1. The molecule has 0 radical (unpaired) electrons. The van der Waals surface area contributed by atoms with Crippen LogP contribution in [0.2, 0.25) is 0 Å². The van der Waals surface area contributed by atoms with Crippen molar-refractivity contribution in [1.29, 1.82) is 0 Å². The van der Waals surface area contributed by atoms with Crippen molar-refractivity contribution in [2.24, 2.45) is 0 Å². The third-order valence-electron chi connectivity index (χ3n) is 4.96. The van der Waals surface area contributed by atoms with Crippen LogP contribution in [0, 0.1) is 6.92 Å². The zero-order chi connectivity index (χ0) is 22.8. The van der Waals surface area contributed by atoms with Gasteiger partial charge in [0.1, 0.15) is 22.1 Å². The Hall–Kier alpha value is -3.11. The second-order valence-electron chi connectivity index (χ2n) is 7.27. The molecular formula is C21H24N2O7S. The molecule has 0 aliphatic heterocycles. The van der Waals surface area contributed by atoms with E-state index in [0.29, 0.717) is 36.3 Å². The summed E-state index contributed by atoms with van der Waals surface area (Å²) in [5.74, 6) is -2.32. The number of phenols is 1. The number of sulfonamides is 1. The van der Waals surface area contributed by atoms with Crippen LogP contribution in [0.4, 0.5) is 5.69 Å². The summed E-state index contributed by atoms with van der Waals surface area (Å²) in [4.78, 5) is 22.2. The number of carbonyl (C=O) groups is 2. The molecule has 0 heterocycles. The monoisotopic (exact) mass is 448 g/mol. The van der Waals surface area contributed by atoms with E-state index in [1.165, 1.54) is 18.2 Å². The number of aliphatic carboxylic acids is 1. The largest absolute Gasteiger partial charge is 0.507 e. The first-order chi connectivity index (χ1) is 14.6. The highest BCUT2D eigenvalue weighted by Gasteiger charge is 2.25. The third-order valence-corrected chi connectivity index (χ3v) is 6.45. The van der Waals surface area contributed by atoms with Gasteiger partial charge >= 0.3 is 11.9 Å². The van der Waals surface area contributed by atoms with Gasteiger partial charge in [0.2, 0.25) is 10.0 Å². The lowest BCUT2D eigenvalue weighted by Gasteiger charge is -2.18. The Morgan fingerprint density at radius 2 is 1.87 bits per heavy atom. The Morgan fingerprint density at radius 1 is 1.16 bits per heavy atom. The molecule has 1 aliphatic carbocycles. The van der Waals surface area contributed by atoms with Gasteiger partial charge in [-0.25, -0.2) is 17.9 Å². The molecule has 1 aliphatic rings. The van der Waals surface area contributed by atoms with Crippen LogP contribution in [0.15, 0.2) is 29.2 Å². The number of fused-ring (bicyclic) bond motifs is 1. The lowest BCUT2D eigenvalue weighted by Crippen LogP contribution is -2.24. The van der Waals surface area contributed by atoms with Gasteiger partial charge in [-0.05, 0) is 61.9 Å². The maximum absolute atomic E-state index is 12.5. The Labute approximate surface area is 180 Å². The fraction of sp³-hybridized carbons (Fsp3) is 0.333. The van der Waals surface area contributed by atoms with E-state index >= 15 is 0 Å². The van der Waals surface area contributed by atoms with Gasteiger partial charge in [-0.3, -0.25) is 4.79 Å². The number of nitrogens with one attached hydrogen (secondary N) is 2. The predicted octanol–water partition coefficient (Wildman–Crippen LogP) is 2.69. The van der Waals surface area contributed by atoms with E-state index in [0.717, 1.165) is 17.5 Å². The number of amides is 1. The maximum Gasteiger partial charge on any atom is 0.394 e. The van der Waals surface area contributed by atoms with Crippen LogP contribution in [-0.4, -0.2) is 37.1 Å². The van der Waals surface area contributed by atoms with Gasteiger partial charge in [-0.2, -0.15) is 0 Å². The van der Waals surface area contributed by atoms with Crippen molar-refractivity contribution in [1.82, 2.24) is 4.72 Å². The molecule has 166 valence electrons. The molecule has 0 spiro atoms. The highest BCUT2D eigenvalue weighted by Crippen LogP contribution is 2.41. The summed E-state index contributed by atoms with van der Waals surface area (Å²) in [5.41, 5.74) is 2.72. The standard InChI is InChI=1S/C21H24N2O7S/c1-3-9-22-31(28,29)18-11-13(7-8-17(18)24)30-19-12(2)10-16(23-20(25)21(26)27)14-5-4-6-15(14)19/h7-8,10-11,22,24H,3-6,9H2,1-2H3,(H,23,25)(H,26,27). The highest BCUT2D eigenvalue weighted by molar-refractivity contribution is 7.89. The van der Waals surface area contributed by atoms with Crippen LogP contribution in [0.1, 0.15) is 36.5 Å². The predicted molar refractivity (Wildman–Crippen MR) is 113 cm³/mol. The second-order valence-corrected chi connectivity index (χ2v) is 9.00. The van der Waals surface area contributed by atoms with Crippen molar-refractivity contribution >= 4 is 27.6 Å². The van der Waals surface area contributed by atoms with E-state index in [-0.39, 0.29) is 22.9 Å². The molecule has 9 nitrogen and oxygen atoms in total. The third kappa shape index (κ3) is 4.80. The number of hydrogen-bond donors (Lipinski definition) is 4. The van der Waals surface area contributed by atoms with Crippen LogP contribution < -0.4 is 14.8 Å². The van der Waals surface area contributed by atoms with Crippen LogP contribution in [0.25, 0.3) is 0 Å². The number of rotatable bonds is 7. The summed E-state index contributed by atoms with van der Waals surface area (Å²) in [6, 6.07) is 5.62. The molecule has 0 aromatic heterocycles. The van der Waals surface area contributed by atoms with Crippen molar-refractivity contribution < 1.29 is 33.0 Å². The summed E-state index contributed by atoms with van der Waals surface area (Å²) >= 11 is 0. The summed E-state index contributed by atoms with van der Waals surface area (Å²) in [7, 11) is -3.90. The molecule has 4 N–H and O–H groups in total. The number of anilines is 1. The van der Waals surface area contributed by atoms with Gasteiger partial charge in [0.05, 0.1) is 0 Å². The lowest BCUT2D eigenvalue weighted by atomic mass is 10.0. The number of ether oxygens (including phenoxy) is 1. The molecule has 0 atom stereocenters. The summed E-state index contributed by atoms with van der Waals surface area (Å²) in [6.45, 7) is 3.82. The minimum Gasteiger partial charge on any atom is -0.507 e. The molecule has 0 saturated heterocycles. The van der Waals surface area contributed by atoms with Gasteiger partial charge < -0.3 is 20.3 Å². The molecule has 3 rings (SSSR count). The lowest BCUT2D eigenvalue weighted by molar-refractivity contribution is -0.147. The van der Waals surface area contributed by atoms with Gasteiger partial charge in [0.15, 0.2) is 0 Å². The van der Waals surface area contributed by atoms with Crippen molar-refractivity contribution in [3.8, 4) is 17.2 Å². The zero-order valence-electron chi connectivity index (χ0n) is 17.2. The van der Waals surface area contributed by atoms with Gasteiger partial charge in [-0.1, -0.05) is 6.92 Å². The van der Waals surface area contributed by atoms with E-state index in [1.807, 2.05) is 6.92 Å². The van der Waals surface area contributed by atoms with E-state index in [1.54, 1.807) is 13.0 Å². The summed E-state index contributed by atoms with van der Waals surface area (Å²) < 4.78 is 33.4. The molecule has 2 aromatic carbocycles. The minimum atomic E-state index is -3.90. The van der Waals surface area contributed by atoms with Crippen molar-refractivity contribution in [3.05, 3.63) is 41.0 Å². The van der Waals surface area contributed by atoms with Crippen LogP contribution >= 0.6 is 0 Å². The first kappa shape index (κ1) is 22.6. The molecular weight excluding hydrogens is 424 g/mol. The molecule has 0 saturated carbocycles. The average Bonchev–Trinajstić information content (AvgIpc) is 3.20. The highest BCUT2D eigenvalue weighted by atomic mass is 32.2. The Balaban J connectivity index is 1.97. The second kappa shape index (κ2) is 8.94. The molecule has 2 aromatic rings. The van der Waals surface area contributed by atoms with Crippen LogP contribution in [0.3, 0.4) is 0 Å². The number of carboxylic acids is 1. The quantitative estimate of drug-likeness (QED) is 0.477. The molecule has 0 fully saturated rings. The zero-order valence-corrected chi connectivity index (χ0v) is 18.0. The minimum absolute atomic E-state index is 0.231. The summed E-state index contributed by atoms with van der Waals surface area (Å²) in [6.07, 6.45) is 2.73. The van der Waals surface area contributed by atoms with Gasteiger partial charge in [0, 0.05) is 23.9 Å². The van der Waals surface area contributed by atoms with Crippen molar-refractivity contribution in [3.63, 3.8) is 0 Å². The fourth-order valence-corrected chi connectivity index (χ4v) is 4.78. The van der Waals surface area contributed by atoms with E-state index < -0.39 is 21.9 Å². The number of aryl methyl sites for hydroxylation is 1. The number of hydrogen-bond acceptors (Lipinski definition) is 6. The van der Waals surface area contributed by atoms with E-state index in [2.05, 4.69) is 10.0 Å². The molecule has 31 heavy (non-hydrogen) atoms. The van der Waals surface area contributed by atoms with Gasteiger partial charge in [0.25, 0.3) is 0 Å². The van der Waals surface area contributed by atoms with E-state index in [4.69, 9.17) is 9.84 Å². The first-order valence-electron chi connectivity index (χ1n) is 9.84.